The number of aryl methyl sites for hydroxylation is 1. The smallest absolute Gasteiger partial charge is 0.162 e. The molecule has 0 aliphatic carbocycles. The predicted octanol–water partition coefficient (Wildman–Crippen LogP) is 5.61. The van der Waals surface area contributed by atoms with Crippen molar-refractivity contribution in [3.8, 4) is 22.5 Å². The van der Waals surface area contributed by atoms with Gasteiger partial charge in [-0.25, -0.2) is 15.0 Å². The number of nitrogens with zero attached hydrogens (tertiary/aromatic N) is 5. The summed E-state index contributed by atoms with van der Waals surface area (Å²) in [7, 11) is 0. The molecule has 0 N–H and O–H groups in total. The molecule has 5 rings (SSSR count). The second kappa shape index (κ2) is 9.53. The maximum absolute atomic E-state index is 12.8. The Kier molecular flexibility index (Phi) is 5.97. The van der Waals surface area contributed by atoms with Gasteiger partial charge in [-0.15, -0.1) is 0 Å². The molecule has 0 aliphatic heterocycles. The topological polar surface area (TPSA) is 73.6 Å². The summed E-state index contributed by atoms with van der Waals surface area (Å²) in [5.74, 6) is 0.127. The van der Waals surface area contributed by atoms with E-state index in [4.69, 9.17) is 9.97 Å². The van der Waals surface area contributed by atoms with Crippen molar-refractivity contribution >= 4 is 16.8 Å². The first-order valence-corrected chi connectivity index (χ1v) is 11.0. The molecule has 0 radical (unpaired) electrons. The van der Waals surface area contributed by atoms with Crippen LogP contribution >= 0.6 is 0 Å². The summed E-state index contributed by atoms with van der Waals surface area (Å²) in [6, 6.07) is 19.5. The number of carbonyl (C=O) groups is 1. The lowest BCUT2D eigenvalue weighted by atomic mass is 10.0. The number of hydrogen-bond acceptors (Lipinski definition) is 5. The van der Waals surface area contributed by atoms with E-state index in [2.05, 4.69) is 9.97 Å². The molecule has 0 bridgehead atoms. The van der Waals surface area contributed by atoms with Gasteiger partial charge >= 0.3 is 0 Å². The van der Waals surface area contributed by atoms with Crippen molar-refractivity contribution in [2.24, 2.45) is 0 Å². The average molecular weight is 434 g/mol. The number of imidazole rings is 1. The molecule has 0 unspecified atom stereocenters. The first-order valence-electron chi connectivity index (χ1n) is 11.0. The van der Waals surface area contributed by atoms with Crippen LogP contribution in [0, 0.1) is 0 Å². The van der Waals surface area contributed by atoms with Gasteiger partial charge in [0, 0.05) is 54.4 Å². The molecule has 0 atom stereocenters. The monoisotopic (exact) mass is 433 g/mol. The Labute approximate surface area is 192 Å². The molecule has 5 aromatic rings. The van der Waals surface area contributed by atoms with Gasteiger partial charge in [0.15, 0.2) is 5.78 Å². The molecule has 162 valence electrons. The largest absolute Gasteiger partial charge is 0.337 e. The molecule has 3 heterocycles. The summed E-state index contributed by atoms with van der Waals surface area (Å²) in [5, 5.41) is 0. The van der Waals surface area contributed by atoms with Gasteiger partial charge < -0.3 is 4.57 Å². The van der Waals surface area contributed by atoms with Crippen molar-refractivity contribution in [3.05, 3.63) is 97.3 Å². The van der Waals surface area contributed by atoms with Crippen molar-refractivity contribution in [2.75, 3.05) is 0 Å². The summed E-state index contributed by atoms with van der Waals surface area (Å²) in [5.41, 5.74) is 5.58. The van der Waals surface area contributed by atoms with E-state index in [-0.39, 0.29) is 5.78 Å². The summed E-state index contributed by atoms with van der Waals surface area (Å²) >= 11 is 0. The van der Waals surface area contributed by atoms with Crippen LogP contribution in [0.1, 0.15) is 29.6 Å². The highest BCUT2D eigenvalue weighted by Crippen LogP contribution is 2.30. The lowest BCUT2D eigenvalue weighted by molar-refractivity contribution is 0.0979. The number of ketones is 1. The van der Waals surface area contributed by atoms with E-state index in [1.807, 2.05) is 71.4 Å². The number of fused-ring (bicyclic) bond motifs is 1. The van der Waals surface area contributed by atoms with Crippen LogP contribution in [0.4, 0.5) is 0 Å². The highest BCUT2D eigenvalue weighted by atomic mass is 16.1. The zero-order valence-corrected chi connectivity index (χ0v) is 18.1. The van der Waals surface area contributed by atoms with Crippen molar-refractivity contribution in [1.29, 1.82) is 0 Å². The van der Waals surface area contributed by atoms with E-state index in [1.165, 1.54) is 0 Å². The quantitative estimate of drug-likeness (QED) is 0.235. The molecule has 0 amide bonds. The molecule has 0 fully saturated rings. The minimum Gasteiger partial charge on any atom is -0.337 e. The average Bonchev–Trinajstić information content (AvgIpc) is 3.40. The van der Waals surface area contributed by atoms with Crippen molar-refractivity contribution in [1.82, 2.24) is 24.5 Å². The Bertz CT molecular complexity index is 1370. The minimum atomic E-state index is 0.127. The maximum atomic E-state index is 12.8. The highest BCUT2D eigenvalue weighted by molar-refractivity contribution is 5.99. The zero-order valence-electron chi connectivity index (χ0n) is 18.1. The molecular formula is C27H23N5O. The Morgan fingerprint density at radius 2 is 1.61 bits per heavy atom. The normalized spacial score (nSPS) is 11.0. The number of carbonyl (C=O) groups excluding carboxylic acids is 1. The molecule has 0 aliphatic rings. The van der Waals surface area contributed by atoms with E-state index < -0.39 is 0 Å². The van der Waals surface area contributed by atoms with Gasteiger partial charge in [0.2, 0.25) is 0 Å². The van der Waals surface area contributed by atoms with Gasteiger partial charge in [-0.2, -0.15) is 0 Å². The second-order valence-electron chi connectivity index (χ2n) is 7.91. The summed E-state index contributed by atoms with van der Waals surface area (Å²) < 4.78 is 2.03. The van der Waals surface area contributed by atoms with E-state index in [1.54, 1.807) is 24.9 Å². The Balaban J connectivity index is 1.43. The molecule has 2 aromatic carbocycles. The van der Waals surface area contributed by atoms with Crippen LogP contribution in [0.15, 0.2) is 91.8 Å². The molecule has 0 saturated heterocycles. The second-order valence-corrected chi connectivity index (χ2v) is 7.91. The maximum Gasteiger partial charge on any atom is 0.162 e. The SMILES string of the molecule is O=C(CCCCn1ccnc1)c1ccc2nc(-c3cccnc3)c(-c3ccccc3)nc2c1. The molecule has 6 heteroatoms. The number of hydrogen-bond donors (Lipinski definition) is 0. The van der Waals surface area contributed by atoms with Crippen LogP contribution in [-0.4, -0.2) is 30.3 Å². The Morgan fingerprint density at radius 3 is 2.39 bits per heavy atom. The van der Waals surface area contributed by atoms with Gasteiger partial charge in [0.1, 0.15) is 0 Å². The van der Waals surface area contributed by atoms with Gasteiger partial charge in [0.05, 0.1) is 28.7 Å². The van der Waals surface area contributed by atoms with Crippen molar-refractivity contribution in [2.45, 2.75) is 25.8 Å². The van der Waals surface area contributed by atoms with Gasteiger partial charge in [0.25, 0.3) is 0 Å². The third kappa shape index (κ3) is 4.70. The van der Waals surface area contributed by atoms with Gasteiger partial charge in [-0.3, -0.25) is 9.78 Å². The van der Waals surface area contributed by atoms with Crippen LogP contribution in [0.3, 0.4) is 0 Å². The molecular weight excluding hydrogens is 410 g/mol. The van der Waals surface area contributed by atoms with Crippen LogP contribution < -0.4 is 0 Å². The molecule has 3 aromatic heterocycles. The lowest BCUT2D eigenvalue weighted by Gasteiger charge is -2.11. The number of unbranched alkanes of at least 4 members (excludes halogenated alkanes) is 1. The fraction of sp³-hybridized carbons (Fsp3) is 0.148. The first-order chi connectivity index (χ1) is 16.3. The van der Waals surface area contributed by atoms with Gasteiger partial charge in [-0.05, 0) is 43.2 Å². The lowest BCUT2D eigenvalue weighted by Crippen LogP contribution is -2.02. The Hall–Kier alpha value is -4.19. The molecule has 6 nitrogen and oxygen atoms in total. The van der Waals surface area contributed by atoms with Crippen LogP contribution in [0.5, 0.6) is 0 Å². The number of benzene rings is 2. The molecule has 33 heavy (non-hydrogen) atoms. The first kappa shape index (κ1) is 20.7. The van der Waals surface area contributed by atoms with Crippen LogP contribution in [-0.2, 0) is 6.54 Å². The van der Waals surface area contributed by atoms with Gasteiger partial charge in [-0.1, -0.05) is 30.3 Å². The summed E-state index contributed by atoms with van der Waals surface area (Å²) in [4.78, 5) is 31.0. The van der Waals surface area contributed by atoms with Crippen LogP contribution in [0.25, 0.3) is 33.5 Å². The minimum absolute atomic E-state index is 0.127. The van der Waals surface area contributed by atoms with Crippen molar-refractivity contribution in [3.63, 3.8) is 0 Å². The number of aromatic nitrogens is 5. The predicted molar refractivity (Wildman–Crippen MR) is 129 cm³/mol. The summed E-state index contributed by atoms with van der Waals surface area (Å²) in [6.45, 7) is 0.869. The number of Topliss-reactive ketones (excluding diaryl/α,β-unsaturated/α-hetero) is 1. The highest BCUT2D eigenvalue weighted by Gasteiger charge is 2.15. The third-order valence-corrected chi connectivity index (χ3v) is 5.60. The fourth-order valence-electron chi connectivity index (χ4n) is 3.87. The number of rotatable bonds is 8. The fourth-order valence-corrected chi connectivity index (χ4v) is 3.87. The zero-order chi connectivity index (χ0) is 22.5. The Morgan fingerprint density at radius 1 is 0.788 bits per heavy atom. The molecule has 0 spiro atoms. The molecule has 0 saturated carbocycles. The number of pyridine rings is 1. The van der Waals surface area contributed by atoms with Crippen LogP contribution in [0.2, 0.25) is 0 Å². The van der Waals surface area contributed by atoms with E-state index in [0.717, 1.165) is 47.4 Å². The van der Waals surface area contributed by atoms with Crippen molar-refractivity contribution < 1.29 is 4.79 Å². The van der Waals surface area contributed by atoms with E-state index in [0.29, 0.717) is 17.5 Å². The summed E-state index contributed by atoms with van der Waals surface area (Å²) in [6.07, 6.45) is 11.3. The van der Waals surface area contributed by atoms with E-state index >= 15 is 0 Å². The third-order valence-electron chi connectivity index (χ3n) is 5.60. The standard InChI is InChI=1S/C27H23N5O/c33-25(10-4-5-15-32-16-14-29-19-32)21-11-12-23-24(17-21)31-26(20-7-2-1-3-8-20)27(30-23)22-9-6-13-28-18-22/h1-3,6-9,11-14,16-19H,4-5,10,15H2. The van der Waals surface area contributed by atoms with E-state index in [9.17, 15) is 4.79 Å².